The maximum atomic E-state index is 15.6. The lowest BCUT2D eigenvalue weighted by Crippen LogP contribution is -2.27. The number of hydrogen-bond acceptors (Lipinski definition) is 6. The van der Waals surface area contributed by atoms with Crippen LogP contribution < -0.4 is 33.4 Å². The van der Waals surface area contributed by atoms with Crippen LogP contribution in [-0.2, 0) is 42.3 Å². The number of nitrogens with zero attached hydrogens (tertiary/aromatic N) is 6. The van der Waals surface area contributed by atoms with Crippen LogP contribution in [-0.4, -0.2) is 27.4 Å². The molecule has 13 rings (SSSR count). The first-order valence-corrected chi connectivity index (χ1v) is 26.5. The zero-order valence-corrected chi connectivity index (χ0v) is 45.2. The topological polar surface area (TPSA) is 132 Å². The summed E-state index contributed by atoms with van der Waals surface area (Å²) >= 11 is 0. The molecule has 1 aromatic rings. The van der Waals surface area contributed by atoms with Gasteiger partial charge in [-0.3, -0.25) is 27.4 Å². The van der Waals surface area contributed by atoms with Gasteiger partial charge in [0.05, 0.1) is 102 Å². The minimum atomic E-state index is -0.387. The quantitative estimate of drug-likeness (QED) is 0.132. The molecule has 0 fully saturated rings. The van der Waals surface area contributed by atoms with E-state index in [1.54, 1.807) is 69.7 Å². The Kier molecular flexibility index (Phi) is 11.8. The van der Waals surface area contributed by atoms with Crippen LogP contribution in [0.4, 0.5) is 0 Å². The Morgan fingerprint density at radius 1 is 0.222 bits per heavy atom. The molecule has 12 nitrogen and oxygen atoms in total. The Labute approximate surface area is 465 Å². The molecule has 0 spiro atoms. The van der Waals surface area contributed by atoms with Gasteiger partial charge >= 0.3 is 33.4 Å². The number of rotatable bonds is 9. The normalized spacial score (nSPS) is 11.6. The molecule has 6 heterocycles. The minimum absolute atomic E-state index is 0.220. The van der Waals surface area contributed by atoms with E-state index in [1.165, 1.54) is 0 Å². The summed E-state index contributed by atoms with van der Waals surface area (Å²) in [6.45, 7) is 0. The van der Waals surface area contributed by atoms with E-state index in [-0.39, 0.29) is 84.5 Å². The molecule has 0 saturated heterocycles. The third-order valence-corrected chi connectivity index (χ3v) is 16.3. The van der Waals surface area contributed by atoms with Crippen LogP contribution in [0.3, 0.4) is 0 Å². The third kappa shape index (κ3) is 7.48. The van der Waals surface area contributed by atoms with Gasteiger partial charge in [0, 0.05) is 60.5 Å². The Morgan fingerprint density at radius 2 is 0.370 bits per heavy atom. The monoisotopic (exact) mass is 1060 g/mol. The molecule has 0 saturated carbocycles. The van der Waals surface area contributed by atoms with Crippen LogP contribution >= 0.6 is 0 Å². The zero-order valence-electron chi connectivity index (χ0n) is 45.2. The fourth-order valence-corrected chi connectivity index (χ4v) is 12.4. The molecule has 0 bridgehead atoms. The van der Waals surface area contributed by atoms with Crippen molar-refractivity contribution >= 4 is 0 Å². The highest BCUT2D eigenvalue weighted by molar-refractivity contribution is 5.86. The van der Waals surface area contributed by atoms with Crippen LogP contribution in [0.25, 0.3) is 67.5 Å². The molecule has 0 amide bonds. The molecule has 0 unspecified atom stereocenters. The highest BCUT2D eigenvalue weighted by Crippen LogP contribution is 2.48. The molecule has 81 heavy (non-hydrogen) atoms. The predicted molar refractivity (Wildman–Crippen MR) is 318 cm³/mol. The van der Waals surface area contributed by atoms with Gasteiger partial charge in [-0.25, -0.2) is 28.8 Å². The lowest BCUT2D eigenvalue weighted by molar-refractivity contribution is 0.880. The summed E-state index contributed by atoms with van der Waals surface area (Å²) in [6.07, 6.45) is 0. The highest BCUT2D eigenvalue weighted by atomic mass is 16.2. The first-order chi connectivity index (χ1) is 39.3. The molecule has 12 aliphatic rings. The second kappa shape index (κ2) is 19.1. The first-order valence-electron chi connectivity index (χ1n) is 26.5. The first kappa shape index (κ1) is 49.9. The summed E-state index contributed by atoms with van der Waals surface area (Å²) < 4.78 is 9.41. The van der Waals surface area contributed by atoms with Gasteiger partial charge in [0.2, 0.25) is 0 Å². The van der Waals surface area contributed by atoms with E-state index in [4.69, 9.17) is 0 Å². The molecule has 6 aliphatic carbocycles. The van der Waals surface area contributed by atoms with E-state index in [0.29, 0.717) is 84.2 Å². The van der Waals surface area contributed by atoms with Crippen molar-refractivity contribution in [2.45, 2.75) is 0 Å². The van der Waals surface area contributed by atoms with Gasteiger partial charge in [0.1, 0.15) is 33.4 Å². The molecular weight excluding hydrogens is 1010 g/mol. The van der Waals surface area contributed by atoms with Crippen molar-refractivity contribution in [3.63, 3.8) is 0 Å². The molecular formula is C69H51N6O6+3. The molecule has 1 aromatic carbocycles. The molecule has 0 radical (unpaired) electrons. The van der Waals surface area contributed by atoms with Crippen molar-refractivity contribution in [3.8, 4) is 67.5 Å². The van der Waals surface area contributed by atoms with Crippen molar-refractivity contribution in [2.75, 3.05) is 0 Å². The summed E-state index contributed by atoms with van der Waals surface area (Å²) in [4.78, 5) is 93.3. The van der Waals surface area contributed by atoms with E-state index < -0.39 is 0 Å². The van der Waals surface area contributed by atoms with Gasteiger partial charge in [-0.05, 0) is 72.8 Å². The van der Waals surface area contributed by atoms with Crippen molar-refractivity contribution in [1.82, 2.24) is 27.4 Å². The Balaban J connectivity index is 1.27. The smallest absolute Gasteiger partial charge is 0.283 e. The molecule has 0 N–H and O–H groups in total. The van der Waals surface area contributed by atoms with Crippen molar-refractivity contribution in [3.05, 3.63) is 330 Å². The minimum Gasteiger partial charge on any atom is -0.283 e. The fourth-order valence-electron chi connectivity index (χ4n) is 12.4. The average Bonchev–Trinajstić information content (AvgIpc) is 3.21. The molecule has 390 valence electrons. The fraction of sp³-hybridized carbons (Fsp3) is 0.0870. The lowest BCUT2D eigenvalue weighted by Gasteiger charge is -2.19. The van der Waals surface area contributed by atoms with Crippen LogP contribution in [0.1, 0.15) is 50.1 Å². The number of hydrogen-bond donors (Lipinski definition) is 0. The Hall–Kier alpha value is -10.6. The van der Waals surface area contributed by atoms with Gasteiger partial charge < -0.3 is 0 Å². The second-order valence-electron chi connectivity index (χ2n) is 20.6. The van der Waals surface area contributed by atoms with Gasteiger partial charge in [-0.1, -0.05) is 109 Å². The van der Waals surface area contributed by atoms with Crippen LogP contribution in [0.2, 0.25) is 0 Å². The Bertz CT molecular complexity index is 4080. The molecule has 6 aliphatic heterocycles. The molecule has 12 heteroatoms. The summed E-state index contributed by atoms with van der Waals surface area (Å²) in [6, 6.07) is 61.3. The van der Waals surface area contributed by atoms with Crippen molar-refractivity contribution in [1.29, 1.82) is 0 Å². The summed E-state index contributed by atoms with van der Waals surface area (Å²) in [7, 11) is 10.2. The van der Waals surface area contributed by atoms with E-state index in [0.717, 1.165) is 0 Å². The van der Waals surface area contributed by atoms with E-state index >= 15 is 28.8 Å². The SMILES string of the molecule is Cn1c2cccccc-2c([C+](c2cc([C+](c3c4cccccc-4n(C)c3=O)c3c4cccccc-4n(C)c3=O)cc([C+](c3c4cccccc-4n(C)c3=O)c3c4cccccc-4n(C)c3=O)c2)c2c3cccccc-3n(C)c2=O)c1=O. The third-order valence-electron chi connectivity index (χ3n) is 16.3. The van der Waals surface area contributed by atoms with Gasteiger partial charge in [-0.15, -0.1) is 0 Å². The van der Waals surface area contributed by atoms with Gasteiger partial charge in [0.15, 0.2) is 0 Å². The van der Waals surface area contributed by atoms with Crippen molar-refractivity contribution < 1.29 is 0 Å². The van der Waals surface area contributed by atoms with Gasteiger partial charge in [-0.2, -0.15) is 0 Å². The standard InChI is InChI=1S/C69H51N6O6/c1-70-49-31-19-7-13-25-43(49)58(64(70)76)55(59-44-26-14-8-20-32-50(44)71(2)65(59)77)40-37-41(56(60-45-27-15-9-21-33-51(45)72(3)66(60)78)61-46-28-16-10-22-34-52(46)73(4)67(61)79)39-42(38-40)57(62-47-29-17-11-23-35-53(47)74(5)68(62)80)63-48-30-18-12-24-36-54(48)75(6)69(63)81/h7-39H,1-6H3/q+3. The number of benzene rings is 1. The summed E-state index contributed by atoms with van der Waals surface area (Å²) in [5.74, 6) is 0.784. The number of aromatic nitrogens is 6. The van der Waals surface area contributed by atoms with E-state index in [9.17, 15) is 0 Å². The maximum Gasteiger partial charge on any atom is 0.307 e. The van der Waals surface area contributed by atoms with E-state index in [2.05, 4.69) is 0 Å². The van der Waals surface area contributed by atoms with Crippen LogP contribution in [0, 0.1) is 17.8 Å². The van der Waals surface area contributed by atoms with Gasteiger partial charge in [0.25, 0.3) is 0 Å². The molecule has 0 aromatic heterocycles. The largest absolute Gasteiger partial charge is 0.307 e. The van der Waals surface area contributed by atoms with Crippen LogP contribution in [0.15, 0.2) is 229 Å². The molecule has 0 atom stereocenters. The zero-order chi connectivity index (χ0) is 56.1. The van der Waals surface area contributed by atoms with E-state index in [1.807, 2.05) is 200 Å². The highest BCUT2D eigenvalue weighted by Gasteiger charge is 2.46. The summed E-state index contributed by atoms with van der Waals surface area (Å²) in [5, 5.41) is 0. The average molecular weight is 1060 g/mol. The second-order valence-corrected chi connectivity index (χ2v) is 20.6. The van der Waals surface area contributed by atoms with Crippen LogP contribution in [0.5, 0.6) is 0 Å². The number of fused-ring (bicyclic) bond motifs is 6. The predicted octanol–water partition coefficient (Wildman–Crippen LogP) is 9.57. The summed E-state index contributed by atoms with van der Waals surface area (Å²) in [5.41, 5.74) is 6.93. The van der Waals surface area contributed by atoms with Crippen molar-refractivity contribution in [2.24, 2.45) is 42.3 Å². The Morgan fingerprint density at radius 3 is 0.531 bits per heavy atom. The maximum absolute atomic E-state index is 15.6. The lowest BCUT2D eigenvalue weighted by atomic mass is 9.75.